The van der Waals surface area contributed by atoms with Crippen molar-refractivity contribution in [1.82, 2.24) is 10.9 Å². The number of hydrazine groups is 1. The zero-order valence-corrected chi connectivity index (χ0v) is 16.0. The first-order valence-electron chi connectivity index (χ1n) is 9.73. The van der Waals surface area contributed by atoms with Crippen LogP contribution in [0.25, 0.3) is 0 Å². The SMILES string of the molecule is Cc1ccc(C(C)C)c(OCC(=O)NNC(=O)CC2CC3CCC2C3)c1. The van der Waals surface area contributed by atoms with Gasteiger partial charge in [-0.05, 0) is 67.1 Å². The highest BCUT2D eigenvalue weighted by molar-refractivity contribution is 5.82. The molecule has 0 saturated heterocycles. The van der Waals surface area contributed by atoms with Gasteiger partial charge in [0, 0.05) is 6.42 Å². The molecule has 5 nitrogen and oxygen atoms in total. The number of rotatable bonds is 6. The van der Waals surface area contributed by atoms with E-state index in [1.807, 2.05) is 25.1 Å². The molecule has 2 amide bonds. The maximum atomic E-state index is 12.1. The first-order valence-corrected chi connectivity index (χ1v) is 9.73. The van der Waals surface area contributed by atoms with Crippen LogP contribution in [0.15, 0.2) is 18.2 Å². The minimum Gasteiger partial charge on any atom is -0.483 e. The van der Waals surface area contributed by atoms with Crippen LogP contribution in [0, 0.1) is 24.7 Å². The van der Waals surface area contributed by atoms with Crippen LogP contribution in [-0.4, -0.2) is 18.4 Å². The molecule has 5 heteroatoms. The van der Waals surface area contributed by atoms with Gasteiger partial charge in [0.15, 0.2) is 6.61 Å². The standard InChI is InChI=1S/C21H30N2O3/c1-13(2)18-7-4-14(3)8-19(18)26-12-21(25)23-22-20(24)11-17-10-15-5-6-16(17)9-15/h4,7-8,13,15-17H,5-6,9-12H2,1-3H3,(H,22,24)(H,23,25). The molecule has 0 aromatic heterocycles. The van der Waals surface area contributed by atoms with Crippen LogP contribution < -0.4 is 15.6 Å². The second-order valence-electron chi connectivity index (χ2n) is 8.22. The lowest BCUT2D eigenvalue weighted by molar-refractivity contribution is -0.130. The molecule has 2 N–H and O–H groups in total. The van der Waals surface area contributed by atoms with Gasteiger partial charge in [-0.15, -0.1) is 0 Å². The number of amides is 2. The molecule has 2 aliphatic carbocycles. The topological polar surface area (TPSA) is 67.4 Å². The number of nitrogens with one attached hydrogen (secondary N) is 2. The molecule has 0 aliphatic heterocycles. The van der Waals surface area contributed by atoms with Gasteiger partial charge in [0.25, 0.3) is 5.91 Å². The summed E-state index contributed by atoms with van der Waals surface area (Å²) >= 11 is 0. The average molecular weight is 358 g/mol. The van der Waals surface area contributed by atoms with E-state index in [1.54, 1.807) is 0 Å². The van der Waals surface area contributed by atoms with E-state index in [0.717, 1.165) is 22.8 Å². The Balaban J connectivity index is 1.42. The summed E-state index contributed by atoms with van der Waals surface area (Å²) in [4.78, 5) is 24.1. The Morgan fingerprint density at radius 1 is 1.15 bits per heavy atom. The second kappa shape index (κ2) is 8.11. The van der Waals surface area contributed by atoms with Gasteiger partial charge in [-0.3, -0.25) is 20.4 Å². The van der Waals surface area contributed by atoms with E-state index >= 15 is 0 Å². The summed E-state index contributed by atoms with van der Waals surface area (Å²) in [6.07, 6.45) is 5.55. The predicted octanol–water partition coefficient (Wildman–Crippen LogP) is 3.47. The van der Waals surface area contributed by atoms with Gasteiger partial charge in [-0.2, -0.15) is 0 Å². The second-order valence-corrected chi connectivity index (χ2v) is 8.22. The summed E-state index contributed by atoms with van der Waals surface area (Å²) in [5.41, 5.74) is 7.17. The van der Waals surface area contributed by atoms with Crippen LogP contribution in [0.4, 0.5) is 0 Å². The number of aryl methyl sites for hydroxylation is 1. The summed E-state index contributed by atoms with van der Waals surface area (Å²) in [6.45, 7) is 6.06. The highest BCUT2D eigenvalue weighted by atomic mass is 16.5. The highest BCUT2D eigenvalue weighted by Crippen LogP contribution is 2.49. The van der Waals surface area contributed by atoms with Crippen molar-refractivity contribution >= 4 is 11.8 Å². The molecule has 2 saturated carbocycles. The highest BCUT2D eigenvalue weighted by Gasteiger charge is 2.40. The van der Waals surface area contributed by atoms with Gasteiger partial charge in [0.2, 0.25) is 5.91 Å². The average Bonchev–Trinajstić information content (AvgIpc) is 3.20. The zero-order valence-electron chi connectivity index (χ0n) is 16.0. The fraction of sp³-hybridized carbons (Fsp3) is 0.619. The fourth-order valence-corrected chi connectivity index (χ4v) is 4.48. The van der Waals surface area contributed by atoms with Gasteiger partial charge >= 0.3 is 0 Å². The van der Waals surface area contributed by atoms with Gasteiger partial charge in [0.05, 0.1) is 0 Å². The quantitative estimate of drug-likeness (QED) is 0.765. The summed E-state index contributed by atoms with van der Waals surface area (Å²) in [7, 11) is 0. The lowest BCUT2D eigenvalue weighted by atomic mass is 9.86. The van der Waals surface area contributed by atoms with E-state index < -0.39 is 0 Å². The zero-order chi connectivity index (χ0) is 18.7. The molecule has 2 aliphatic rings. The van der Waals surface area contributed by atoms with E-state index in [-0.39, 0.29) is 18.4 Å². The molecule has 2 fully saturated rings. The Morgan fingerprint density at radius 3 is 2.58 bits per heavy atom. The van der Waals surface area contributed by atoms with Gasteiger partial charge in [-0.25, -0.2) is 0 Å². The van der Waals surface area contributed by atoms with Crippen molar-refractivity contribution in [2.75, 3.05) is 6.61 Å². The van der Waals surface area contributed by atoms with Crippen molar-refractivity contribution in [2.45, 2.75) is 58.8 Å². The molecule has 2 bridgehead atoms. The Hall–Kier alpha value is -2.04. The monoisotopic (exact) mass is 358 g/mol. The van der Waals surface area contributed by atoms with Crippen molar-refractivity contribution in [2.24, 2.45) is 17.8 Å². The third-order valence-corrected chi connectivity index (χ3v) is 5.82. The van der Waals surface area contributed by atoms with E-state index in [2.05, 4.69) is 24.7 Å². The van der Waals surface area contributed by atoms with Crippen LogP contribution in [-0.2, 0) is 9.59 Å². The molecule has 3 atom stereocenters. The van der Waals surface area contributed by atoms with Crippen LogP contribution in [0.1, 0.15) is 63.0 Å². The molecular formula is C21H30N2O3. The summed E-state index contributed by atoms with van der Waals surface area (Å²) in [5.74, 6) is 2.61. The van der Waals surface area contributed by atoms with Crippen molar-refractivity contribution in [3.8, 4) is 5.75 Å². The smallest absolute Gasteiger partial charge is 0.276 e. The molecule has 1 aromatic rings. The van der Waals surface area contributed by atoms with Crippen LogP contribution >= 0.6 is 0 Å². The fourth-order valence-electron chi connectivity index (χ4n) is 4.48. The van der Waals surface area contributed by atoms with Crippen LogP contribution in [0.2, 0.25) is 0 Å². The third kappa shape index (κ3) is 4.57. The molecule has 0 radical (unpaired) electrons. The van der Waals surface area contributed by atoms with Crippen LogP contribution in [0.5, 0.6) is 5.75 Å². The number of hydrogen-bond donors (Lipinski definition) is 2. The molecule has 3 rings (SSSR count). The number of fused-ring (bicyclic) bond motifs is 2. The minimum atomic E-state index is -0.345. The van der Waals surface area contributed by atoms with Gasteiger partial charge in [0.1, 0.15) is 5.75 Å². The number of carbonyl (C=O) groups excluding carboxylic acids is 2. The van der Waals surface area contributed by atoms with E-state index in [9.17, 15) is 9.59 Å². The number of hydrogen-bond acceptors (Lipinski definition) is 3. The maximum Gasteiger partial charge on any atom is 0.276 e. The summed E-state index contributed by atoms with van der Waals surface area (Å²) in [6, 6.07) is 6.01. The third-order valence-electron chi connectivity index (χ3n) is 5.82. The molecule has 26 heavy (non-hydrogen) atoms. The van der Waals surface area contributed by atoms with Crippen molar-refractivity contribution in [3.63, 3.8) is 0 Å². The van der Waals surface area contributed by atoms with E-state index in [4.69, 9.17) is 4.74 Å². The Kier molecular flexibility index (Phi) is 5.84. The molecular weight excluding hydrogens is 328 g/mol. The lowest BCUT2D eigenvalue weighted by Crippen LogP contribution is -2.44. The first-order chi connectivity index (χ1) is 12.4. The molecule has 3 unspecified atom stereocenters. The van der Waals surface area contributed by atoms with E-state index in [0.29, 0.717) is 24.2 Å². The number of ether oxygens (including phenoxy) is 1. The van der Waals surface area contributed by atoms with E-state index in [1.165, 1.54) is 25.7 Å². The first kappa shape index (κ1) is 18.7. The number of benzene rings is 1. The minimum absolute atomic E-state index is 0.102. The Labute approximate surface area is 155 Å². The number of carbonyl (C=O) groups is 2. The van der Waals surface area contributed by atoms with Gasteiger partial charge < -0.3 is 4.74 Å². The van der Waals surface area contributed by atoms with Crippen LogP contribution in [0.3, 0.4) is 0 Å². The molecule has 142 valence electrons. The molecule has 0 heterocycles. The summed E-state index contributed by atoms with van der Waals surface area (Å²) in [5, 5.41) is 0. The van der Waals surface area contributed by atoms with Crippen molar-refractivity contribution < 1.29 is 14.3 Å². The van der Waals surface area contributed by atoms with Crippen molar-refractivity contribution in [3.05, 3.63) is 29.3 Å². The molecule has 1 aromatic carbocycles. The Morgan fingerprint density at radius 2 is 1.92 bits per heavy atom. The normalized spacial score (nSPS) is 23.9. The molecule has 0 spiro atoms. The van der Waals surface area contributed by atoms with Crippen molar-refractivity contribution in [1.29, 1.82) is 0 Å². The maximum absolute atomic E-state index is 12.1. The van der Waals surface area contributed by atoms with Gasteiger partial charge in [-0.1, -0.05) is 32.4 Å². The lowest BCUT2D eigenvalue weighted by Gasteiger charge is -2.21. The summed E-state index contributed by atoms with van der Waals surface area (Å²) < 4.78 is 5.68. The predicted molar refractivity (Wildman–Crippen MR) is 101 cm³/mol. The largest absolute Gasteiger partial charge is 0.483 e. The Bertz CT molecular complexity index is 671.